The predicted octanol–water partition coefficient (Wildman–Crippen LogP) is 1.10. The van der Waals surface area contributed by atoms with Crippen LogP contribution >= 0.6 is 11.6 Å². The maximum absolute atomic E-state index is 5.88. The van der Waals surface area contributed by atoms with Crippen molar-refractivity contribution in [2.45, 2.75) is 0 Å². The molecule has 2 rings (SSSR count). The first-order valence-corrected chi connectivity index (χ1v) is 3.93. The van der Waals surface area contributed by atoms with E-state index in [1.807, 2.05) is 0 Å². The number of halogens is 1. The number of hydrogen-bond acceptors (Lipinski definition) is 4. The van der Waals surface area contributed by atoms with Crippen molar-refractivity contribution in [3.8, 4) is 11.4 Å². The molecule has 0 aromatic carbocycles. The molecule has 0 atom stereocenters. The van der Waals surface area contributed by atoms with Crippen molar-refractivity contribution in [3.05, 3.63) is 23.5 Å². The zero-order valence-corrected chi connectivity index (χ0v) is 7.28. The number of rotatable bonds is 1. The second-order valence-corrected chi connectivity index (χ2v) is 2.80. The number of hydrogen-bond donors (Lipinski definition) is 2. The van der Waals surface area contributed by atoms with Crippen LogP contribution in [0.1, 0.15) is 0 Å². The molecule has 6 heteroatoms. The fourth-order valence-electron chi connectivity index (χ4n) is 0.962. The Morgan fingerprint density at radius 3 is 2.92 bits per heavy atom. The van der Waals surface area contributed by atoms with Crippen molar-refractivity contribution in [2.24, 2.45) is 0 Å². The van der Waals surface area contributed by atoms with Gasteiger partial charge in [-0.15, -0.1) is 5.10 Å². The first kappa shape index (κ1) is 8.00. The number of nitrogen functional groups attached to an aromatic ring is 1. The number of H-pyrrole nitrogens is 1. The molecule has 5 nitrogen and oxygen atoms in total. The lowest BCUT2D eigenvalue weighted by molar-refractivity contribution is 1.10. The zero-order chi connectivity index (χ0) is 9.26. The smallest absolute Gasteiger partial charge is 0.239 e. The average Bonchev–Trinajstić information content (AvgIpc) is 2.53. The van der Waals surface area contributed by atoms with Gasteiger partial charge in [-0.3, -0.25) is 10.1 Å². The molecule has 0 radical (unpaired) electrons. The van der Waals surface area contributed by atoms with Gasteiger partial charge in [-0.2, -0.15) is 4.98 Å². The van der Waals surface area contributed by atoms with Gasteiger partial charge >= 0.3 is 0 Å². The van der Waals surface area contributed by atoms with Crippen LogP contribution in [0, 0.1) is 0 Å². The Morgan fingerprint density at radius 1 is 1.46 bits per heavy atom. The van der Waals surface area contributed by atoms with Crippen molar-refractivity contribution >= 4 is 17.5 Å². The van der Waals surface area contributed by atoms with Crippen LogP contribution in [-0.2, 0) is 0 Å². The van der Waals surface area contributed by atoms with Crippen LogP contribution < -0.4 is 5.73 Å². The van der Waals surface area contributed by atoms with Gasteiger partial charge in [0.1, 0.15) is 0 Å². The number of nitrogens with zero attached hydrogens (tertiary/aromatic N) is 3. The van der Waals surface area contributed by atoms with E-state index in [0.29, 0.717) is 10.8 Å². The molecule has 2 heterocycles. The molecule has 13 heavy (non-hydrogen) atoms. The predicted molar refractivity (Wildman–Crippen MR) is 49.0 cm³/mol. The van der Waals surface area contributed by atoms with Crippen LogP contribution in [0.4, 0.5) is 5.95 Å². The number of aromatic amines is 1. The first-order chi connectivity index (χ1) is 6.27. The van der Waals surface area contributed by atoms with E-state index in [0.717, 1.165) is 5.56 Å². The van der Waals surface area contributed by atoms with E-state index in [4.69, 9.17) is 17.3 Å². The molecule has 0 saturated carbocycles. The van der Waals surface area contributed by atoms with E-state index in [1.54, 1.807) is 12.3 Å². The minimum Gasteiger partial charge on any atom is -0.366 e. The first-order valence-electron chi connectivity index (χ1n) is 3.55. The number of aromatic nitrogens is 4. The van der Waals surface area contributed by atoms with E-state index < -0.39 is 0 Å². The Labute approximate surface area is 79.0 Å². The topological polar surface area (TPSA) is 80.5 Å². The minimum atomic E-state index is 0.197. The van der Waals surface area contributed by atoms with E-state index >= 15 is 0 Å². The van der Waals surface area contributed by atoms with E-state index in [9.17, 15) is 0 Å². The number of nitrogens with two attached hydrogens (primary N) is 1. The summed E-state index contributed by atoms with van der Waals surface area (Å²) in [4.78, 5) is 7.79. The molecule has 0 bridgehead atoms. The molecular formula is C7H6ClN5. The maximum atomic E-state index is 5.88. The van der Waals surface area contributed by atoms with Crippen molar-refractivity contribution in [1.29, 1.82) is 0 Å². The molecule has 3 N–H and O–H groups in total. The van der Waals surface area contributed by atoms with E-state index in [1.165, 1.54) is 6.20 Å². The molecule has 0 unspecified atom stereocenters. The molecule has 0 spiro atoms. The van der Waals surface area contributed by atoms with Gasteiger partial charge in [-0.05, 0) is 6.07 Å². The lowest BCUT2D eigenvalue weighted by atomic mass is 10.2. The van der Waals surface area contributed by atoms with Gasteiger partial charge in [-0.25, -0.2) is 0 Å². The van der Waals surface area contributed by atoms with Gasteiger partial charge in [0.05, 0.1) is 5.02 Å². The van der Waals surface area contributed by atoms with Gasteiger partial charge in [0.2, 0.25) is 5.95 Å². The van der Waals surface area contributed by atoms with Crippen LogP contribution in [0.3, 0.4) is 0 Å². The zero-order valence-electron chi connectivity index (χ0n) is 6.53. The lowest BCUT2D eigenvalue weighted by Gasteiger charge is -1.96. The van der Waals surface area contributed by atoms with Crippen LogP contribution in [0.25, 0.3) is 11.4 Å². The largest absolute Gasteiger partial charge is 0.366 e. The second-order valence-electron chi connectivity index (χ2n) is 2.40. The Bertz CT molecular complexity index is 424. The van der Waals surface area contributed by atoms with Crippen molar-refractivity contribution in [3.63, 3.8) is 0 Å². The molecule has 0 amide bonds. The number of pyridine rings is 1. The molecule has 0 fully saturated rings. The summed E-state index contributed by atoms with van der Waals surface area (Å²) in [6.45, 7) is 0. The fourth-order valence-corrected chi connectivity index (χ4v) is 1.17. The Balaban J connectivity index is 2.52. The van der Waals surface area contributed by atoms with Crippen LogP contribution in [0.15, 0.2) is 18.5 Å². The highest BCUT2D eigenvalue weighted by Gasteiger charge is 2.06. The maximum Gasteiger partial charge on any atom is 0.239 e. The molecule has 0 aliphatic carbocycles. The van der Waals surface area contributed by atoms with Crippen LogP contribution in [0.5, 0.6) is 0 Å². The summed E-state index contributed by atoms with van der Waals surface area (Å²) in [6, 6.07) is 1.74. The summed E-state index contributed by atoms with van der Waals surface area (Å²) in [5.74, 6) is 0.743. The Morgan fingerprint density at radius 2 is 2.31 bits per heavy atom. The summed E-state index contributed by atoms with van der Waals surface area (Å²) in [5.41, 5.74) is 6.09. The van der Waals surface area contributed by atoms with Crippen LogP contribution in [-0.4, -0.2) is 20.2 Å². The summed E-state index contributed by atoms with van der Waals surface area (Å²) in [6.07, 6.45) is 3.16. The van der Waals surface area contributed by atoms with Gasteiger partial charge in [0.15, 0.2) is 5.82 Å². The monoisotopic (exact) mass is 195 g/mol. The van der Waals surface area contributed by atoms with Crippen molar-refractivity contribution < 1.29 is 0 Å². The number of nitrogens with one attached hydrogen (secondary N) is 1. The summed E-state index contributed by atoms with van der Waals surface area (Å²) in [7, 11) is 0. The summed E-state index contributed by atoms with van der Waals surface area (Å²) < 4.78 is 0. The average molecular weight is 196 g/mol. The van der Waals surface area contributed by atoms with Gasteiger partial charge in [0.25, 0.3) is 0 Å². The minimum absolute atomic E-state index is 0.197. The highest BCUT2D eigenvalue weighted by Crippen LogP contribution is 2.23. The molecule has 0 aliphatic rings. The molecule has 0 aliphatic heterocycles. The summed E-state index contributed by atoms with van der Waals surface area (Å²) >= 11 is 5.88. The molecule has 66 valence electrons. The van der Waals surface area contributed by atoms with Crippen molar-refractivity contribution in [1.82, 2.24) is 20.2 Å². The normalized spacial score (nSPS) is 10.2. The highest BCUT2D eigenvalue weighted by molar-refractivity contribution is 6.33. The van der Waals surface area contributed by atoms with E-state index in [-0.39, 0.29) is 5.95 Å². The van der Waals surface area contributed by atoms with E-state index in [2.05, 4.69) is 20.2 Å². The SMILES string of the molecule is Nc1n[nH]c(-c2ccncc2Cl)n1. The third-order valence-corrected chi connectivity index (χ3v) is 1.83. The fraction of sp³-hybridized carbons (Fsp3) is 0. The Hall–Kier alpha value is -1.62. The second kappa shape index (κ2) is 3.02. The highest BCUT2D eigenvalue weighted by atomic mass is 35.5. The molecular weight excluding hydrogens is 190 g/mol. The van der Waals surface area contributed by atoms with Crippen LogP contribution in [0.2, 0.25) is 5.02 Å². The lowest BCUT2D eigenvalue weighted by Crippen LogP contribution is -1.86. The Kier molecular flexibility index (Phi) is 1.86. The molecule has 0 saturated heterocycles. The van der Waals surface area contributed by atoms with Gasteiger partial charge in [0, 0.05) is 18.0 Å². The summed E-state index contributed by atoms with van der Waals surface area (Å²) in [5, 5.41) is 6.87. The molecule has 2 aromatic rings. The standard InChI is InChI=1S/C7H6ClN5/c8-5-3-10-2-1-4(5)6-11-7(9)13-12-6/h1-3H,(H3,9,11,12,13). The third kappa shape index (κ3) is 1.46. The quantitative estimate of drug-likeness (QED) is 0.714. The van der Waals surface area contributed by atoms with Gasteiger partial charge in [-0.1, -0.05) is 11.6 Å². The molecule has 2 aromatic heterocycles. The number of anilines is 1. The third-order valence-electron chi connectivity index (χ3n) is 1.53. The van der Waals surface area contributed by atoms with Gasteiger partial charge < -0.3 is 5.73 Å². The van der Waals surface area contributed by atoms with Crippen molar-refractivity contribution in [2.75, 3.05) is 5.73 Å².